The van der Waals surface area contributed by atoms with Crippen LogP contribution in [0.15, 0.2) is 30.5 Å². The highest BCUT2D eigenvalue weighted by Crippen LogP contribution is 2.36. The van der Waals surface area contributed by atoms with Gasteiger partial charge in [-0.25, -0.2) is 4.98 Å². The van der Waals surface area contributed by atoms with E-state index in [1.54, 1.807) is 12.3 Å². The van der Waals surface area contributed by atoms with E-state index in [2.05, 4.69) is 54.4 Å². The van der Waals surface area contributed by atoms with Crippen LogP contribution >= 0.6 is 0 Å². The second-order valence-electron chi connectivity index (χ2n) is 7.83. The number of pyridine rings is 2. The summed E-state index contributed by atoms with van der Waals surface area (Å²) in [6, 6.07) is 6.61. The van der Waals surface area contributed by atoms with E-state index in [0.29, 0.717) is 24.6 Å². The SMILES string of the molecule is Cc1cc(-c2cc(N3CCOCC3C)nc3c(/C(N)=C/C=N)nccc23)c(C)n1C. The van der Waals surface area contributed by atoms with Crippen LogP contribution in [-0.2, 0) is 11.8 Å². The van der Waals surface area contributed by atoms with E-state index in [-0.39, 0.29) is 6.04 Å². The number of nitrogens with one attached hydrogen (secondary N) is 1. The maximum atomic E-state index is 7.40. The van der Waals surface area contributed by atoms with Crippen molar-refractivity contribution in [2.45, 2.75) is 26.8 Å². The lowest BCUT2D eigenvalue weighted by Crippen LogP contribution is -2.44. The topological polar surface area (TPSA) is 93.0 Å². The zero-order chi connectivity index (χ0) is 21.4. The van der Waals surface area contributed by atoms with E-state index in [1.807, 2.05) is 6.07 Å². The standard InChI is InChI=1S/C23H28N6O/c1-14-11-18(16(3)28(14)4)19-12-21(29-9-10-30-13-15(29)2)27-22-17(19)6-8-26-23(22)20(25)5-7-24/h5-8,11-12,15,24H,9-10,13,25H2,1-4H3/b20-5-,24-7?. The number of allylic oxidation sites excluding steroid dienone is 1. The molecule has 0 radical (unpaired) electrons. The lowest BCUT2D eigenvalue weighted by Gasteiger charge is -2.34. The fraction of sp³-hybridized carbons (Fsp3) is 0.348. The minimum atomic E-state index is 0.227. The van der Waals surface area contributed by atoms with Crippen molar-refractivity contribution in [2.75, 3.05) is 24.7 Å². The predicted octanol–water partition coefficient (Wildman–Crippen LogP) is 3.43. The Morgan fingerprint density at radius 2 is 2.10 bits per heavy atom. The van der Waals surface area contributed by atoms with Gasteiger partial charge >= 0.3 is 0 Å². The summed E-state index contributed by atoms with van der Waals surface area (Å²) in [6.07, 6.45) is 4.48. The second kappa shape index (κ2) is 7.91. The average molecular weight is 405 g/mol. The van der Waals surface area contributed by atoms with E-state index in [9.17, 15) is 0 Å². The highest BCUT2D eigenvalue weighted by atomic mass is 16.5. The summed E-state index contributed by atoms with van der Waals surface area (Å²) in [6.45, 7) is 8.54. The van der Waals surface area contributed by atoms with E-state index in [4.69, 9.17) is 20.9 Å². The molecule has 1 saturated heterocycles. The molecule has 1 aliphatic rings. The van der Waals surface area contributed by atoms with Gasteiger partial charge in [0, 0.05) is 48.3 Å². The van der Waals surface area contributed by atoms with Crippen LogP contribution < -0.4 is 10.6 Å². The summed E-state index contributed by atoms with van der Waals surface area (Å²) in [7, 11) is 2.08. The van der Waals surface area contributed by atoms with Gasteiger partial charge in [-0.1, -0.05) is 0 Å². The zero-order valence-corrected chi connectivity index (χ0v) is 17.9. The van der Waals surface area contributed by atoms with Crippen LogP contribution in [0.2, 0.25) is 0 Å². The average Bonchev–Trinajstić information content (AvgIpc) is 3.00. The molecule has 3 aromatic heterocycles. The number of rotatable bonds is 4. The van der Waals surface area contributed by atoms with Crippen LogP contribution in [0.3, 0.4) is 0 Å². The van der Waals surface area contributed by atoms with E-state index >= 15 is 0 Å². The maximum absolute atomic E-state index is 7.40. The predicted molar refractivity (Wildman–Crippen MR) is 122 cm³/mol. The quantitative estimate of drug-likeness (QED) is 0.650. The monoisotopic (exact) mass is 404 g/mol. The van der Waals surface area contributed by atoms with Crippen molar-refractivity contribution in [2.24, 2.45) is 12.8 Å². The summed E-state index contributed by atoms with van der Waals surface area (Å²) in [4.78, 5) is 11.8. The first-order valence-corrected chi connectivity index (χ1v) is 10.2. The van der Waals surface area contributed by atoms with E-state index in [1.165, 1.54) is 23.2 Å². The molecule has 3 N–H and O–H groups in total. The summed E-state index contributed by atoms with van der Waals surface area (Å²) in [5.74, 6) is 0.895. The van der Waals surface area contributed by atoms with Gasteiger partial charge in [0.15, 0.2) is 0 Å². The minimum absolute atomic E-state index is 0.227. The molecule has 0 aromatic carbocycles. The lowest BCUT2D eigenvalue weighted by atomic mass is 10.00. The number of fused-ring (bicyclic) bond motifs is 1. The van der Waals surface area contributed by atoms with Gasteiger partial charge in [-0.3, -0.25) is 4.98 Å². The Kier molecular flexibility index (Phi) is 5.30. The normalized spacial score (nSPS) is 17.5. The van der Waals surface area contributed by atoms with Gasteiger partial charge in [-0.15, -0.1) is 0 Å². The van der Waals surface area contributed by atoms with Gasteiger partial charge in [0.25, 0.3) is 0 Å². The highest BCUT2D eigenvalue weighted by molar-refractivity contribution is 6.01. The Labute approximate surface area is 176 Å². The zero-order valence-electron chi connectivity index (χ0n) is 17.9. The molecular weight excluding hydrogens is 376 g/mol. The number of hydrogen-bond acceptors (Lipinski definition) is 6. The highest BCUT2D eigenvalue weighted by Gasteiger charge is 2.23. The van der Waals surface area contributed by atoms with Crippen molar-refractivity contribution in [3.63, 3.8) is 0 Å². The molecule has 156 valence electrons. The fourth-order valence-corrected chi connectivity index (χ4v) is 4.08. The van der Waals surface area contributed by atoms with Crippen LogP contribution in [0.25, 0.3) is 27.7 Å². The van der Waals surface area contributed by atoms with Gasteiger partial charge in [-0.2, -0.15) is 0 Å². The third-order valence-corrected chi connectivity index (χ3v) is 5.98. The van der Waals surface area contributed by atoms with Crippen LogP contribution in [0.4, 0.5) is 5.82 Å². The van der Waals surface area contributed by atoms with E-state index < -0.39 is 0 Å². The molecule has 4 rings (SSSR count). The van der Waals surface area contributed by atoms with Gasteiger partial charge in [-0.05, 0) is 50.6 Å². The molecule has 3 aromatic rings. The number of aryl methyl sites for hydroxylation is 1. The molecule has 0 spiro atoms. The fourth-order valence-electron chi connectivity index (χ4n) is 4.08. The summed E-state index contributed by atoms with van der Waals surface area (Å²) < 4.78 is 7.83. The van der Waals surface area contributed by atoms with Crippen molar-refractivity contribution in [1.82, 2.24) is 14.5 Å². The van der Waals surface area contributed by atoms with Crippen molar-refractivity contribution in [3.8, 4) is 11.1 Å². The van der Waals surface area contributed by atoms with Crippen molar-refractivity contribution in [3.05, 3.63) is 47.6 Å². The number of hydrogen-bond donors (Lipinski definition) is 2. The first kappa shape index (κ1) is 20.1. The van der Waals surface area contributed by atoms with Crippen LogP contribution in [0.5, 0.6) is 0 Å². The molecule has 0 aliphatic carbocycles. The van der Waals surface area contributed by atoms with Crippen molar-refractivity contribution in [1.29, 1.82) is 5.41 Å². The van der Waals surface area contributed by atoms with Gasteiger partial charge in [0.05, 0.1) is 25.0 Å². The molecule has 30 heavy (non-hydrogen) atoms. The molecule has 0 amide bonds. The van der Waals surface area contributed by atoms with Crippen LogP contribution in [-0.4, -0.2) is 46.6 Å². The Hall–Kier alpha value is -3.19. The second-order valence-corrected chi connectivity index (χ2v) is 7.83. The number of nitrogens with zero attached hydrogens (tertiary/aromatic N) is 4. The first-order valence-electron chi connectivity index (χ1n) is 10.2. The van der Waals surface area contributed by atoms with Crippen LogP contribution in [0, 0.1) is 19.3 Å². The molecule has 0 bridgehead atoms. The van der Waals surface area contributed by atoms with Gasteiger partial charge in [0.1, 0.15) is 17.0 Å². The Balaban J connectivity index is 2.04. The molecular formula is C23H28N6O. The Bertz CT molecular complexity index is 1150. The number of ether oxygens (including phenoxy) is 1. The number of anilines is 1. The van der Waals surface area contributed by atoms with Gasteiger partial charge < -0.3 is 25.3 Å². The molecule has 7 heteroatoms. The molecule has 1 unspecified atom stereocenters. The Morgan fingerprint density at radius 1 is 1.30 bits per heavy atom. The summed E-state index contributed by atoms with van der Waals surface area (Å²) in [5.41, 5.74) is 12.7. The lowest BCUT2D eigenvalue weighted by molar-refractivity contribution is 0.0986. The van der Waals surface area contributed by atoms with Crippen molar-refractivity contribution >= 4 is 28.6 Å². The molecule has 1 atom stereocenters. The smallest absolute Gasteiger partial charge is 0.130 e. The summed E-state index contributed by atoms with van der Waals surface area (Å²) in [5, 5.41) is 8.40. The summed E-state index contributed by atoms with van der Waals surface area (Å²) >= 11 is 0. The number of aromatic nitrogens is 3. The molecule has 1 aliphatic heterocycles. The number of nitrogens with two attached hydrogens (primary N) is 1. The molecule has 0 saturated carbocycles. The van der Waals surface area contributed by atoms with E-state index in [0.717, 1.165) is 28.8 Å². The number of morpholine rings is 1. The molecule has 4 heterocycles. The maximum Gasteiger partial charge on any atom is 0.130 e. The van der Waals surface area contributed by atoms with Gasteiger partial charge in [0.2, 0.25) is 0 Å². The largest absolute Gasteiger partial charge is 0.397 e. The first-order chi connectivity index (χ1) is 14.4. The van der Waals surface area contributed by atoms with Crippen LogP contribution in [0.1, 0.15) is 24.0 Å². The third kappa shape index (κ3) is 3.35. The minimum Gasteiger partial charge on any atom is -0.397 e. The Morgan fingerprint density at radius 3 is 2.77 bits per heavy atom. The van der Waals surface area contributed by atoms with Crippen molar-refractivity contribution < 1.29 is 4.74 Å². The molecule has 1 fully saturated rings. The molecule has 7 nitrogen and oxygen atoms in total. The third-order valence-electron chi connectivity index (χ3n) is 5.98.